The van der Waals surface area contributed by atoms with Crippen molar-refractivity contribution >= 4 is 56.7 Å². The monoisotopic (exact) mass is 795 g/mol. The van der Waals surface area contributed by atoms with E-state index in [4.69, 9.17) is 9.47 Å². The number of H-pyrrole nitrogens is 1. The van der Waals surface area contributed by atoms with Gasteiger partial charge in [-0.2, -0.15) is 0 Å². The summed E-state index contributed by atoms with van der Waals surface area (Å²) >= 11 is 0. The average Bonchev–Trinajstić information content (AvgIpc) is 3.91. The van der Waals surface area contributed by atoms with Gasteiger partial charge in [-0.15, -0.1) is 0 Å². The third kappa shape index (κ3) is 6.11. The quantitative estimate of drug-likeness (QED) is 0.111. The minimum absolute atomic E-state index is 0.0271. The van der Waals surface area contributed by atoms with Gasteiger partial charge in [0.1, 0.15) is 34.7 Å². The Labute approximate surface area is 341 Å². The van der Waals surface area contributed by atoms with Crippen LogP contribution in [0.1, 0.15) is 106 Å². The number of carboxylic acids is 1. The number of amides is 2. The molecular weight excluding hydrogens is 763 g/mol. The second-order valence-electron chi connectivity index (χ2n) is 15.4. The highest BCUT2D eigenvalue weighted by Gasteiger charge is 2.43. The number of carboxylic acid groups (broad SMARTS) is 1. The predicted octanol–water partition coefficient (Wildman–Crippen LogP) is 9.29. The van der Waals surface area contributed by atoms with Gasteiger partial charge in [-0.1, -0.05) is 37.1 Å². The molecule has 0 unspecified atom stereocenters. The van der Waals surface area contributed by atoms with E-state index >= 15 is 0 Å². The van der Waals surface area contributed by atoms with Crippen molar-refractivity contribution in [1.29, 1.82) is 0 Å². The van der Waals surface area contributed by atoms with Crippen LogP contribution in [0.25, 0.3) is 21.7 Å². The van der Waals surface area contributed by atoms with Crippen molar-refractivity contribution in [2.75, 3.05) is 4.90 Å². The Morgan fingerprint density at radius 1 is 0.683 bits per heavy atom. The largest absolute Gasteiger partial charge is 0.478 e. The normalized spacial score (nSPS) is 15.3. The standard InChI is InChI=1S/C48H33N3O9/c1-24-6-4-9-29(16-24)59-30-10-5-11-31(22-30)60-32-13-15-33(25-7-2-3-8-25)40(23-32)51-46(55)37-19-27-17-35-36(18-28(27)20-38(37)47(51)56)43(53)41(42(35)52)44-49-39-21-26(48(57)58)12-14-34(39)45(54)50-44/h4-6,9-23,25,41H,2-3,7-8H2,1H3,(H,57,58)(H,49,50,54). The van der Waals surface area contributed by atoms with Gasteiger partial charge >= 0.3 is 5.97 Å². The van der Waals surface area contributed by atoms with Crippen molar-refractivity contribution in [2.45, 2.75) is 44.4 Å². The fourth-order valence-electron chi connectivity index (χ4n) is 8.68. The Morgan fingerprint density at radius 2 is 1.27 bits per heavy atom. The highest BCUT2D eigenvalue weighted by atomic mass is 16.5. The first-order valence-corrected chi connectivity index (χ1v) is 19.5. The Morgan fingerprint density at radius 3 is 1.88 bits per heavy atom. The number of aryl methyl sites for hydroxylation is 1. The molecule has 0 atom stereocenters. The van der Waals surface area contributed by atoms with Crippen molar-refractivity contribution in [3.05, 3.63) is 164 Å². The van der Waals surface area contributed by atoms with E-state index in [-0.39, 0.29) is 50.5 Å². The maximum atomic E-state index is 14.4. The lowest BCUT2D eigenvalue weighted by Gasteiger charge is -2.22. The van der Waals surface area contributed by atoms with Crippen molar-refractivity contribution in [1.82, 2.24) is 9.97 Å². The summed E-state index contributed by atoms with van der Waals surface area (Å²) in [5.74, 6) is -2.83. The number of aromatic amines is 1. The zero-order valence-electron chi connectivity index (χ0n) is 32.0. The number of hydrogen-bond donors (Lipinski definition) is 2. The number of aromatic nitrogens is 2. The highest BCUT2D eigenvalue weighted by Crippen LogP contribution is 2.44. The number of imide groups is 1. The van der Waals surface area contributed by atoms with E-state index in [2.05, 4.69) is 9.97 Å². The van der Waals surface area contributed by atoms with Gasteiger partial charge in [-0.25, -0.2) is 14.7 Å². The predicted molar refractivity (Wildman–Crippen MR) is 221 cm³/mol. The van der Waals surface area contributed by atoms with Crippen molar-refractivity contribution < 1.29 is 38.6 Å². The molecule has 12 heteroatoms. The van der Waals surface area contributed by atoms with E-state index in [9.17, 15) is 33.9 Å². The average molecular weight is 796 g/mol. The maximum absolute atomic E-state index is 14.4. The number of nitrogens with zero attached hydrogens (tertiary/aromatic N) is 2. The first-order valence-electron chi connectivity index (χ1n) is 19.5. The van der Waals surface area contributed by atoms with E-state index in [1.807, 2.05) is 55.5 Å². The van der Waals surface area contributed by atoms with Crippen LogP contribution < -0.4 is 19.9 Å². The first kappa shape index (κ1) is 36.6. The van der Waals surface area contributed by atoms with Crippen LogP contribution in [0.15, 0.2) is 114 Å². The fourth-order valence-corrected chi connectivity index (χ4v) is 8.68. The number of aromatic carboxylic acids is 1. The fraction of sp³-hybridized carbons (Fsp3) is 0.146. The van der Waals surface area contributed by atoms with E-state index in [1.54, 1.807) is 30.3 Å². The highest BCUT2D eigenvalue weighted by molar-refractivity contribution is 6.36. The number of nitrogens with one attached hydrogen (secondary N) is 1. The second-order valence-corrected chi connectivity index (χ2v) is 15.4. The minimum atomic E-state index is -1.47. The number of carbonyl (C=O) groups is 5. The van der Waals surface area contributed by atoms with Crippen LogP contribution >= 0.6 is 0 Å². The zero-order valence-corrected chi connectivity index (χ0v) is 32.0. The summed E-state index contributed by atoms with van der Waals surface area (Å²) in [6.45, 7) is 1.99. The third-order valence-corrected chi connectivity index (χ3v) is 11.6. The summed E-state index contributed by atoms with van der Waals surface area (Å²) in [4.78, 5) is 89.1. The molecule has 2 amide bonds. The van der Waals surface area contributed by atoms with Crippen LogP contribution in [-0.4, -0.2) is 44.4 Å². The van der Waals surface area contributed by atoms with E-state index in [1.165, 1.54) is 35.2 Å². The van der Waals surface area contributed by atoms with Crippen LogP contribution in [0, 0.1) is 6.92 Å². The summed E-state index contributed by atoms with van der Waals surface area (Å²) in [6, 6.07) is 30.4. The van der Waals surface area contributed by atoms with Crippen LogP contribution in [0.2, 0.25) is 0 Å². The molecule has 7 aromatic rings. The lowest BCUT2D eigenvalue weighted by molar-refractivity contribution is 0.0695. The number of carbonyl (C=O) groups excluding carboxylic acids is 4. The molecule has 0 saturated heterocycles. The second kappa shape index (κ2) is 14.0. The summed E-state index contributed by atoms with van der Waals surface area (Å²) < 4.78 is 12.4. The molecule has 0 bridgehead atoms. The van der Waals surface area contributed by atoms with Crippen LogP contribution in [0.4, 0.5) is 5.69 Å². The Balaban J connectivity index is 0.978. The van der Waals surface area contributed by atoms with Gasteiger partial charge in [0, 0.05) is 23.3 Å². The molecule has 2 heterocycles. The number of ether oxygens (including phenoxy) is 2. The molecule has 12 nitrogen and oxygen atoms in total. The lowest BCUT2D eigenvalue weighted by Crippen LogP contribution is -2.30. The van der Waals surface area contributed by atoms with Gasteiger partial charge in [-0.3, -0.25) is 24.0 Å². The number of benzene rings is 6. The molecular formula is C48H33N3O9. The topological polar surface area (TPSA) is 173 Å². The SMILES string of the molecule is Cc1cccc(Oc2cccc(Oc3ccc(C4CCCC4)c(N4C(=O)c5cc6cc7c(cc6cc5C4=O)C(=O)C(c4nc5cc(C(=O)O)ccc5c(=O)[nH]4)C7=O)c3)c2)c1. The molecule has 2 N–H and O–H groups in total. The van der Waals surface area contributed by atoms with Gasteiger partial charge in [0.2, 0.25) is 0 Å². The number of anilines is 1. The minimum Gasteiger partial charge on any atom is -0.478 e. The third-order valence-electron chi connectivity index (χ3n) is 11.6. The molecule has 1 aromatic heterocycles. The van der Waals surface area contributed by atoms with Crippen LogP contribution in [-0.2, 0) is 0 Å². The number of hydrogen-bond acceptors (Lipinski definition) is 9. The first-order chi connectivity index (χ1) is 29.0. The molecule has 1 aliphatic heterocycles. The summed E-state index contributed by atoms with van der Waals surface area (Å²) in [5, 5.41) is 10.5. The number of ketones is 2. The smallest absolute Gasteiger partial charge is 0.335 e. The molecule has 10 rings (SSSR count). The Bertz CT molecular complexity index is 3050. The van der Waals surface area contributed by atoms with E-state index in [0.717, 1.165) is 36.8 Å². The molecule has 2 aliphatic carbocycles. The van der Waals surface area contributed by atoms with Crippen molar-refractivity contribution in [3.63, 3.8) is 0 Å². The zero-order chi connectivity index (χ0) is 41.4. The van der Waals surface area contributed by atoms with E-state index < -0.39 is 40.8 Å². The summed E-state index contributed by atoms with van der Waals surface area (Å²) in [6.07, 6.45) is 3.90. The summed E-state index contributed by atoms with van der Waals surface area (Å²) in [5.41, 5.74) is 2.13. The molecule has 0 spiro atoms. The van der Waals surface area contributed by atoms with Gasteiger partial charge in [-0.05, 0) is 120 Å². The van der Waals surface area contributed by atoms with Gasteiger partial charge in [0.15, 0.2) is 11.6 Å². The Hall–Kier alpha value is -7.73. The van der Waals surface area contributed by atoms with Crippen molar-refractivity contribution in [2.24, 2.45) is 0 Å². The van der Waals surface area contributed by atoms with Gasteiger partial charge in [0.25, 0.3) is 17.4 Å². The summed E-state index contributed by atoms with van der Waals surface area (Å²) in [7, 11) is 0. The van der Waals surface area contributed by atoms with Crippen LogP contribution in [0.3, 0.4) is 0 Å². The number of fused-ring (bicyclic) bond motifs is 4. The number of Topliss-reactive ketones (excluding diaryl/α,β-unsaturated/α-hetero) is 2. The molecule has 1 saturated carbocycles. The molecule has 6 aromatic carbocycles. The molecule has 0 radical (unpaired) electrons. The van der Waals surface area contributed by atoms with Crippen molar-refractivity contribution in [3.8, 4) is 23.0 Å². The number of rotatable bonds is 8. The van der Waals surface area contributed by atoms with Gasteiger partial charge in [0.05, 0.1) is 33.3 Å². The lowest BCUT2D eigenvalue weighted by atomic mass is 9.95. The molecule has 294 valence electrons. The maximum Gasteiger partial charge on any atom is 0.335 e. The van der Waals surface area contributed by atoms with E-state index in [0.29, 0.717) is 39.5 Å². The molecule has 1 fully saturated rings. The van der Waals surface area contributed by atoms with Gasteiger partial charge < -0.3 is 19.6 Å². The Kier molecular flexibility index (Phi) is 8.53. The molecule has 60 heavy (non-hydrogen) atoms. The molecule has 3 aliphatic rings. The van der Waals surface area contributed by atoms with Crippen LogP contribution in [0.5, 0.6) is 23.0 Å².